The lowest BCUT2D eigenvalue weighted by Gasteiger charge is -2.35. The van der Waals surface area contributed by atoms with E-state index in [1.807, 2.05) is 18.2 Å². The molecule has 0 spiro atoms. The van der Waals surface area contributed by atoms with Crippen molar-refractivity contribution in [3.05, 3.63) is 35.9 Å². The number of methoxy groups -OCH3 is 1. The van der Waals surface area contributed by atoms with Crippen molar-refractivity contribution in [3.8, 4) is 0 Å². The summed E-state index contributed by atoms with van der Waals surface area (Å²) in [4.78, 5) is 24.0. The highest BCUT2D eigenvalue weighted by Gasteiger charge is 2.39. The van der Waals surface area contributed by atoms with Gasteiger partial charge in [-0.2, -0.15) is 0 Å². The molecule has 120 valence electrons. The van der Waals surface area contributed by atoms with Crippen molar-refractivity contribution in [2.75, 3.05) is 20.2 Å². The van der Waals surface area contributed by atoms with E-state index in [9.17, 15) is 9.59 Å². The topological polar surface area (TPSA) is 67.4 Å². The Balaban J connectivity index is 1.81. The second-order valence-corrected chi connectivity index (χ2v) is 5.68. The van der Waals surface area contributed by atoms with Crippen LogP contribution in [0.3, 0.4) is 0 Å². The van der Waals surface area contributed by atoms with Gasteiger partial charge in [0.15, 0.2) is 0 Å². The maximum Gasteiger partial charge on any atom is 0.326 e. The molecule has 1 aromatic rings. The molecular formula is C17H24N2O3. The van der Waals surface area contributed by atoms with E-state index in [0.717, 1.165) is 32.1 Å². The quantitative estimate of drug-likeness (QED) is 0.622. The molecule has 1 aliphatic carbocycles. The van der Waals surface area contributed by atoms with Gasteiger partial charge in [0.25, 0.3) is 5.91 Å². The number of nitrogens with one attached hydrogen (secondary N) is 2. The molecule has 1 saturated carbocycles. The fourth-order valence-electron chi connectivity index (χ4n) is 2.97. The summed E-state index contributed by atoms with van der Waals surface area (Å²) in [6, 6.07) is 9.10. The normalized spacial score (nSPS) is 16.8. The van der Waals surface area contributed by atoms with Crippen molar-refractivity contribution in [1.29, 1.82) is 0 Å². The lowest BCUT2D eigenvalue weighted by atomic mass is 9.81. The number of hydrogen-bond donors (Lipinski definition) is 2. The van der Waals surface area contributed by atoms with E-state index in [4.69, 9.17) is 4.74 Å². The Morgan fingerprint density at radius 3 is 2.41 bits per heavy atom. The van der Waals surface area contributed by atoms with Gasteiger partial charge >= 0.3 is 5.97 Å². The van der Waals surface area contributed by atoms with Crippen LogP contribution >= 0.6 is 0 Å². The molecule has 2 rings (SSSR count). The molecule has 2 N–H and O–H groups in total. The van der Waals surface area contributed by atoms with Gasteiger partial charge in [0.1, 0.15) is 5.54 Å². The van der Waals surface area contributed by atoms with Crippen LogP contribution in [0, 0.1) is 0 Å². The van der Waals surface area contributed by atoms with Crippen LogP contribution in [-0.2, 0) is 9.53 Å². The Kier molecular flexibility index (Phi) is 5.95. The lowest BCUT2D eigenvalue weighted by molar-refractivity contribution is -0.150. The highest BCUT2D eigenvalue weighted by molar-refractivity contribution is 5.94. The summed E-state index contributed by atoms with van der Waals surface area (Å²) in [5, 5.41) is 6.16. The van der Waals surface area contributed by atoms with Crippen molar-refractivity contribution < 1.29 is 14.3 Å². The molecule has 0 heterocycles. The molecule has 0 bridgehead atoms. The number of benzene rings is 1. The average molecular weight is 304 g/mol. The Bertz CT molecular complexity index is 496. The molecule has 0 saturated heterocycles. The number of hydrogen-bond acceptors (Lipinski definition) is 4. The van der Waals surface area contributed by atoms with Gasteiger partial charge in [-0.05, 0) is 25.0 Å². The molecule has 0 atom stereocenters. The minimum absolute atomic E-state index is 0.0989. The first-order valence-electron chi connectivity index (χ1n) is 7.85. The molecule has 0 aliphatic heterocycles. The van der Waals surface area contributed by atoms with Crippen molar-refractivity contribution in [2.24, 2.45) is 0 Å². The Morgan fingerprint density at radius 2 is 1.77 bits per heavy atom. The van der Waals surface area contributed by atoms with Crippen molar-refractivity contribution in [2.45, 2.75) is 37.6 Å². The second-order valence-electron chi connectivity index (χ2n) is 5.68. The molecule has 1 amide bonds. The smallest absolute Gasteiger partial charge is 0.326 e. The van der Waals surface area contributed by atoms with Crippen molar-refractivity contribution in [1.82, 2.24) is 10.6 Å². The summed E-state index contributed by atoms with van der Waals surface area (Å²) < 4.78 is 4.95. The molecule has 0 unspecified atom stereocenters. The van der Waals surface area contributed by atoms with Crippen LogP contribution < -0.4 is 10.6 Å². The Morgan fingerprint density at radius 1 is 1.09 bits per heavy atom. The third-order valence-electron chi connectivity index (χ3n) is 4.19. The summed E-state index contributed by atoms with van der Waals surface area (Å²) in [6.45, 7) is 1.03. The Hall–Kier alpha value is -1.88. The number of amides is 1. The zero-order chi connectivity index (χ0) is 15.8. The van der Waals surface area contributed by atoms with Gasteiger partial charge < -0.3 is 15.4 Å². The van der Waals surface area contributed by atoms with Gasteiger partial charge in [-0.15, -0.1) is 0 Å². The zero-order valence-corrected chi connectivity index (χ0v) is 13.1. The van der Waals surface area contributed by atoms with E-state index >= 15 is 0 Å². The van der Waals surface area contributed by atoms with Crippen molar-refractivity contribution in [3.63, 3.8) is 0 Å². The molecule has 0 radical (unpaired) electrons. The van der Waals surface area contributed by atoms with E-state index < -0.39 is 5.54 Å². The van der Waals surface area contributed by atoms with Crippen LogP contribution in [0.5, 0.6) is 0 Å². The zero-order valence-electron chi connectivity index (χ0n) is 13.1. The third kappa shape index (κ3) is 4.07. The molecule has 1 fully saturated rings. The van der Waals surface area contributed by atoms with Crippen LogP contribution in [-0.4, -0.2) is 37.6 Å². The first-order valence-corrected chi connectivity index (χ1v) is 7.85. The summed E-state index contributed by atoms with van der Waals surface area (Å²) in [5.41, 5.74) is 0.0626. The van der Waals surface area contributed by atoms with Crippen LogP contribution in [0.2, 0.25) is 0 Å². The predicted molar refractivity (Wildman–Crippen MR) is 84.6 cm³/mol. The first kappa shape index (κ1) is 16.5. The second kappa shape index (κ2) is 7.94. The summed E-state index contributed by atoms with van der Waals surface area (Å²) in [6.07, 6.45) is 4.81. The maximum absolute atomic E-state index is 12.1. The lowest BCUT2D eigenvalue weighted by Crippen LogP contribution is -2.55. The highest BCUT2D eigenvalue weighted by atomic mass is 16.5. The summed E-state index contributed by atoms with van der Waals surface area (Å²) in [5.74, 6) is -0.292. The van der Waals surface area contributed by atoms with Crippen LogP contribution in [0.1, 0.15) is 42.5 Å². The standard InChI is InChI=1S/C17H24N2O3/c1-22-16(21)17(10-6-3-7-11-17)19-13-12-18-15(20)14-8-4-2-5-9-14/h2,4-5,8-9,19H,3,6-7,10-13H2,1H3,(H,18,20). The van der Waals surface area contributed by atoms with Gasteiger partial charge in [0.05, 0.1) is 7.11 Å². The molecule has 1 aliphatic rings. The minimum atomic E-state index is -0.579. The van der Waals surface area contributed by atoms with Crippen LogP contribution in [0.15, 0.2) is 30.3 Å². The number of rotatable bonds is 6. The average Bonchev–Trinajstić information content (AvgIpc) is 2.59. The molecule has 0 aromatic heterocycles. The highest BCUT2D eigenvalue weighted by Crippen LogP contribution is 2.29. The van der Waals surface area contributed by atoms with E-state index in [0.29, 0.717) is 18.7 Å². The van der Waals surface area contributed by atoms with E-state index in [1.165, 1.54) is 7.11 Å². The van der Waals surface area contributed by atoms with Gasteiger partial charge in [0, 0.05) is 18.7 Å². The largest absolute Gasteiger partial charge is 0.468 e. The van der Waals surface area contributed by atoms with E-state index in [1.54, 1.807) is 12.1 Å². The monoisotopic (exact) mass is 304 g/mol. The molecule has 5 nitrogen and oxygen atoms in total. The molecular weight excluding hydrogens is 280 g/mol. The van der Waals surface area contributed by atoms with Crippen molar-refractivity contribution >= 4 is 11.9 Å². The number of carbonyl (C=O) groups is 2. The SMILES string of the molecule is COC(=O)C1(NCCNC(=O)c2ccccc2)CCCCC1. The molecule has 22 heavy (non-hydrogen) atoms. The van der Waals surface area contributed by atoms with Crippen LogP contribution in [0.4, 0.5) is 0 Å². The fourth-order valence-corrected chi connectivity index (χ4v) is 2.97. The Labute approximate surface area is 131 Å². The summed E-state index contributed by atoms with van der Waals surface area (Å²) in [7, 11) is 1.43. The maximum atomic E-state index is 12.1. The number of esters is 1. The minimum Gasteiger partial charge on any atom is -0.468 e. The molecule has 1 aromatic carbocycles. The first-order chi connectivity index (χ1) is 10.7. The summed E-state index contributed by atoms with van der Waals surface area (Å²) >= 11 is 0. The van der Waals surface area contributed by atoms with Gasteiger partial charge in [-0.25, -0.2) is 0 Å². The number of carbonyl (C=O) groups excluding carboxylic acids is 2. The van der Waals surface area contributed by atoms with Gasteiger partial charge in [-0.1, -0.05) is 37.5 Å². The predicted octanol–water partition coefficient (Wildman–Crippen LogP) is 1.88. The number of ether oxygens (including phenoxy) is 1. The third-order valence-corrected chi connectivity index (χ3v) is 4.19. The van der Waals surface area contributed by atoms with Gasteiger partial charge in [0.2, 0.25) is 0 Å². The fraction of sp³-hybridized carbons (Fsp3) is 0.529. The van der Waals surface area contributed by atoms with E-state index in [2.05, 4.69) is 10.6 Å². The van der Waals surface area contributed by atoms with Gasteiger partial charge in [-0.3, -0.25) is 9.59 Å². The molecule has 5 heteroatoms. The van der Waals surface area contributed by atoms with E-state index in [-0.39, 0.29) is 11.9 Å². The van der Waals surface area contributed by atoms with Crippen LogP contribution in [0.25, 0.3) is 0 Å².